The predicted molar refractivity (Wildman–Crippen MR) is 81.1 cm³/mol. The van der Waals surface area contributed by atoms with Gasteiger partial charge in [-0.2, -0.15) is 0 Å². The number of hydrogen-bond acceptors (Lipinski definition) is 3. The maximum absolute atomic E-state index is 12.8. The topological polar surface area (TPSA) is 57.6 Å². The van der Waals surface area contributed by atoms with Crippen molar-refractivity contribution in [1.29, 1.82) is 0 Å². The number of carbonyl (C=O) groups excluding carboxylic acids is 2. The van der Waals surface area contributed by atoms with Crippen LogP contribution in [0.5, 0.6) is 0 Å². The molecule has 116 valence electrons. The highest BCUT2D eigenvalue weighted by Crippen LogP contribution is 2.13. The second kappa shape index (κ2) is 6.76. The summed E-state index contributed by atoms with van der Waals surface area (Å²) in [6.45, 7) is 4.68. The van der Waals surface area contributed by atoms with Crippen molar-refractivity contribution in [1.82, 2.24) is 19.7 Å². The monoisotopic (exact) mass is 292 g/mol. The summed E-state index contributed by atoms with van der Waals surface area (Å²) in [6.07, 6.45) is 2.89. The molecular formula is C15H24N4O2. The standard InChI is InChI=1S/C15H24N4O2/c1-4-8-18-9-5-6-12(18)15(21)19-10-7-16-11-13(19)14(20)17(2)3/h5-6,9,13,16H,4,7-8,10-11H2,1-3H3. The van der Waals surface area contributed by atoms with Crippen LogP contribution in [-0.2, 0) is 11.3 Å². The molecule has 1 aliphatic rings. The third-order valence-electron chi connectivity index (χ3n) is 3.74. The molecular weight excluding hydrogens is 268 g/mol. The molecule has 1 unspecified atom stereocenters. The average Bonchev–Trinajstić information content (AvgIpc) is 2.94. The molecule has 6 heteroatoms. The predicted octanol–water partition coefficient (Wildman–Crippen LogP) is 0.400. The highest BCUT2D eigenvalue weighted by molar-refractivity contribution is 5.96. The molecule has 0 aromatic carbocycles. The lowest BCUT2D eigenvalue weighted by atomic mass is 10.1. The van der Waals surface area contributed by atoms with E-state index in [1.807, 2.05) is 22.9 Å². The first-order valence-electron chi connectivity index (χ1n) is 7.44. The van der Waals surface area contributed by atoms with Crippen molar-refractivity contribution in [3.05, 3.63) is 24.0 Å². The van der Waals surface area contributed by atoms with Crippen LogP contribution in [-0.4, -0.2) is 66.0 Å². The number of likely N-dealkylation sites (N-methyl/N-ethyl adjacent to an activating group) is 1. The molecule has 1 N–H and O–H groups in total. The number of piperazine rings is 1. The molecule has 1 aliphatic heterocycles. The molecule has 0 spiro atoms. The van der Waals surface area contributed by atoms with Crippen LogP contribution in [0.15, 0.2) is 18.3 Å². The number of nitrogens with zero attached hydrogens (tertiary/aromatic N) is 3. The second-order valence-electron chi connectivity index (χ2n) is 5.54. The Labute approximate surface area is 125 Å². The number of aromatic nitrogens is 1. The van der Waals surface area contributed by atoms with Crippen LogP contribution in [0.25, 0.3) is 0 Å². The smallest absolute Gasteiger partial charge is 0.271 e. The molecule has 1 atom stereocenters. The zero-order chi connectivity index (χ0) is 15.4. The Bertz CT molecular complexity index is 510. The molecule has 21 heavy (non-hydrogen) atoms. The minimum atomic E-state index is -0.425. The number of hydrogen-bond donors (Lipinski definition) is 1. The first-order chi connectivity index (χ1) is 10.1. The number of rotatable bonds is 4. The maximum Gasteiger partial charge on any atom is 0.271 e. The number of amides is 2. The average molecular weight is 292 g/mol. The molecule has 0 radical (unpaired) electrons. The first-order valence-corrected chi connectivity index (χ1v) is 7.44. The maximum atomic E-state index is 12.8. The Morgan fingerprint density at radius 1 is 1.43 bits per heavy atom. The fourth-order valence-corrected chi connectivity index (χ4v) is 2.66. The number of carbonyl (C=O) groups is 2. The Morgan fingerprint density at radius 3 is 2.86 bits per heavy atom. The molecule has 1 saturated heterocycles. The minimum Gasteiger partial charge on any atom is -0.347 e. The van der Waals surface area contributed by atoms with E-state index in [2.05, 4.69) is 12.2 Å². The SMILES string of the molecule is CCCn1cccc1C(=O)N1CCNCC1C(=O)N(C)C. The molecule has 2 amide bonds. The van der Waals surface area contributed by atoms with E-state index >= 15 is 0 Å². The molecule has 0 bridgehead atoms. The zero-order valence-corrected chi connectivity index (χ0v) is 13.0. The van der Waals surface area contributed by atoms with Gasteiger partial charge in [0, 0.05) is 46.5 Å². The molecule has 1 fully saturated rings. The third kappa shape index (κ3) is 3.26. The van der Waals surface area contributed by atoms with E-state index in [0.29, 0.717) is 18.8 Å². The van der Waals surface area contributed by atoms with Crippen LogP contribution in [0, 0.1) is 0 Å². The van der Waals surface area contributed by atoms with Gasteiger partial charge >= 0.3 is 0 Å². The highest BCUT2D eigenvalue weighted by Gasteiger charge is 2.34. The summed E-state index contributed by atoms with van der Waals surface area (Å²) in [4.78, 5) is 28.3. The van der Waals surface area contributed by atoms with Crippen molar-refractivity contribution in [3.63, 3.8) is 0 Å². The van der Waals surface area contributed by atoms with Gasteiger partial charge in [-0.1, -0.05) is 6.92 Å². The van der Waals surface area contributed by atoms with E-state index < -0.39 is 6.04 Å². The van der Waals surface area contributed by atoms with Crippen LogP contribution in [0.2, 0.25) is 0 Å². The van der Waals surface area contributed by atoms with E-state index in [4.69, 9.17) is 0 Å². The Morgan fingerprint density at radius 2 is 2.19 bits per heavy atom. The van der Waals surface area contributed by atoms with Crippen LogP contribution in [0.3, 0.4) is 0 Å². The van der Waals surface area contributed by atoms with Gasteiger partial charge in [0.25, 0.3) is 5.91 Å². The highest BCUT2D eigenvalue weighted by atomic mass is 16.2. The van der Waals surface area contributed by atoms with Crippen LogP contribution in [0.4, 0.5) is 0 Å². The minimum absolute atomic E-state index is 0.0378. The van der Waals surface area contributed by atoms with Gasteiger partial charge < -0.3 is 19.7 Å². The largest absolute Gasteiger partial charge is 0.347 e. The van der Waals surface area contributed by atoms with Crippen molar-refractivity contribution >= 4 is 11.8 Å². The molecule has 1 aromatic rings. The van der Waals surface area contributed by atoms with Gasteiger partial charge in [0.1, 0.15) is 11.7 Å². The van der Waals surface area contributed by atoms with Crippen LogP contribution >= 0.6 is 0 Å². The van der Waals surface area contributed by atoms with Crippen molar-refractivity contribution < 1.29 is 9.59 Å². The first kappa shape index (κ1) is 15.6. The van der Waals surface area contributed by atoms with Gasteiger partial charge in [-0.25, -0.2) is 0 Å². The second-order valence-corrected chi connectivity index (χ2v) is 5.54. The van der Waals surface area contributed by atoms with E-state index in [9.17, 15) is 9.59 Å². The summed E-state index contributed by atoms with van der Waals surface area (Å²) >= 11 is 0. The molecule has 0 saturated carbocycles. The van der Waals surface area contributed by atoms with Gasteiger partial charge in [-0.3, -0.25) is 9.59 Å². The fraction of sp³-hybridized carbons (Fsp3) is 0.600. The Hall–Kier alpha value is -1.82. The van der Waals surface area contributed by atoms with E-state index in [0.717, 1.165) is 19.5 Å². The van der Waals surface area contributed by atoms with E-state index in [-0.39, 0.29) is 11.8 Å². The van der Waals surface area contributed by atoms with Crippen molar-refractivity contribution in [3.8, 4) is 0 Å². The molecule has 0 aliphatic carbocycles. The van der Waals surface area contributed by atoms with Gasteiger partial charge in [0.15, 0.2) is 0 Å². The normalized spacial score (nSPS) is 18.6. The third-order valence-corrected chi connectivity index (χ3v) is 3.74. The van der Waals surface area contributed by atoms with Crippen LogP contribution < -0.4 is 5.32 Å². The summed E-state index contributed by atoms with van der Waals surface area (Å²) in [5.41, 5.74) is 0.662. The van der Waals surface area contributed by atoms with Crippen molar-refractivity contribution in [2.75, 3.05) is 33.7 Å². The lowest BCUT2D eigenvalue weighted by molar-refractivity contribution is -0.134. The van der Waals surface area contributed by atoms with Gasteiger partial charge in [0.05, 0.1) is 0 Å². The fourth-order valence-electron chi connectivity index (χ4n) is 2.66. The summed E-state index contributed by atoms with van der Waals surface area (Å²) < 4.78 is 1.96. The Kier molecular flexibility index (Phi) is 5.01. The van der Waals surface area contributed by atoms with Gasteiger partial charge in [0.2, 0.25) is 5.91 Å². The molecule has 2 heterocycles. The molecule has 2 rings (SSSR count). The lowest BCUT2D eigenvalue weighted by Gasteiger charge is -2.36. The zero-order valence-electron chi connectivity index (χ0n) is 13.0. The lowest BCUT2D eigenvalue weighted by Crippen LogP contribution is -2.59. The molecule has 1 aromatic heterocycles. The van der Waals surface area contributed by atoms with Crippen LogP contribution in [0.1, 0.15) is 23.8 Å². The number of nitrogens with one attached hydrogen (secondary N) is 1. The summed E-state index contributed by atoms with van der Waals surface area (Å²) in [5.74, 6) is -0.0979. The van der Waals surface area contributed by atoms with Gasteiger partial charge in [-0.05, 0) is 18.6 Å². The van der Waals surface area contributed by atoms with E-state index in [1.165, 1.54) is 0 Å². The molecule has 6 nitrogen and oxygen atoms in total. The van der Waals surface area contributed by atoms with Gasteiger partial charge in [-0.15, -0.1) is 0 Å². The Balaban J connectivity index is 2.22. The van der Waals surface area contributed by atoms with Crippen molar-refractivity contribution in [2.45, 2.75) is 25.9 Å². The van der Waals surface area contributed by atoms with E-state index in [1.54, 1.807) is 23.9 Å². The summed E-state index contributed by atoms with van der Waals surface area (Å²) in [5, 5.41) is 3.19. The summed E-state index contributed by atoms with van der Waals surface area (Å²) in [7, 11) is 3.44. The van der Waals surface area contributed by atoms with Crippen molar-refractivity contribution in [2.24, 2.45) is 0 Å². The quantitative estimate of drug-likeness (QED) is 0.874. The summed E-state index contributed by atoms with van der Waals surface area (Å²) in [6, 6.07) is 3.29. The number of aryl methyl sites for hydroxylation is 1.